The molecule has 0 fully saturated rings. The van der Waals surface area contributed by atoms with Crippen LogP contribution in [-0.4, -0.2) is 21.5 Å². The smallest absolute Gasteiger partial charge is 0.243 e. The fourth-order valence-corrected chi connectivity index (χ4v) is 2.71. The third-order valence-corrected chi connectivity index (χ3v) is 3.99. The van der Waals surface area contributed by atoms with Gasteiger partial charge in [0.2, 0.25) is 11.9 Å². The molecule has 0 saturated heterocycles. The number of nitrogens with two attached hydrogens (primary N) is 1. The highest BCUT2D eigenvalue weighted by molar-refractivity contribution is 5.94. The molecule has 0 aliphatic rings. The zero-order valence-corrected chi connectivity index (χ0v) is 13.8. The first kappa shape index (κ1) is 16.2. The van der Waals surface area contributed by atoms with Crippen LogP contribution in [0.2, 0.25) is 0 Å². The Hall–Kier alpha value is -2.66. The Morgan fingerprint density at radius 1 is 1.17 bits per heavy atom. The summed E-state index contributed by atoms with van der Waals surface area (Å²) in [5.41, 5.74) is 8.85. The predicted molar refractivity (Wildman–Crippen MR) is 96.8 cm³/mol. The summed E-state index contributed by atoms with van der Waals surface area (Å²) in [5, 5.41) is 2.84. The van der Waals surface area contributed by atoms with Crippen LogP contribution in [0.4, 0.5) is 5.95 Å². The molecule has 3 aromatic rings. The van der Waals surface area contributed by atoms with Crippen molar-refractivity contribution in [1.82, 2.24) is 9.55 Å². The van der Waals surface area contributed by atoms with Gasteiger partial charge in [0.05, 0.1) is 17.1 Å². The van der Waals surface area contributed by atoms with Crippen molar-refractivity contribution in [3.05, 3.63) is 60.2 Å². The molecule has 24 heavy (non-hydrogen) atoms. The van der Waals surface area contributed by atoms with Crippen LogP contribution in [0.1, 0.15) is 18.9 Å². The van der Waals surface area contributed by atoms with Crippen LogP contribution in [0, 0.1) is 0 Å². The third-order valence-electron chi connectivity index (χ3n) is 3.99. The number of aromatic nitrogens is 2. The van der Waals surface area contributed by atoms with Gasteiger partial charge in [0, 0.05) is 6.54 Å². The number of nitrogens with one attached hydrogen (secondary N) is 1. The molecule has 2 aromatic carbocycles. The Bertz CT molecular complexity index is 824. The topological polar surface area (TPSA) is 72.9 Å². The summed E-state index contributed by atoms with van der Waals surface area (Å²) in [6, 6.07) is 17.7. The maximum absolute atomic E-state index is 11.9. The minimum Gasteiger partial charge on any atom is -0.320 e. The Balaban J connectivity index is 1.80. The van der Waals surface area contributed by atoms with Crippen LogP contribution in [0.3, 0.4) is 0 Å². The number of para-hydroxylation sites is 2. The number of anilines is 1. The molecule has 5 heteroatoms. The lowest BCUT2D eigenvalue weighted by Crippen LogP contribution is -2.33. The minimum absolute atomic E-state index is 0.227. The van der Waals surface area contributed by atoms with Gasteiger partial charge in [-0.3, -0.25) is 10.1 Å². The molecule has 0 bridgehead atoms. The van der Waals surface area contributed by atoms with E-state index in [0.29, 0.717) is 5.95 Å². The number of nitrogens with zero attached hydrogens (tertiary/aromatic N) is 2. The van der Waals surface area contributed by atoms with E-state index in [0.717, 1.165) is 30.4 Å². The van der Waals surface area contributed by atoms with Crippen LogP contribution in [0.5, 0.6) is 0 Å². The highest BCUT2D eigenvalue weighted by Crippen LogP contribution is 2.20. The summed E-state index contributed by atoms with van der Waals surface area (Å²) in [6.07, 6.45) is 1.94. The Morgan fingerprint density at radius 2 is 1.88 bits per heavy atom. The van der Waals surface area contributed by atoms with Crippen molar-refractivity contribution in [2.75, 3.05) is 5.32 Å². The number of fused-ring (bicyclic) bond motifs is 1. The quantitative estimate of drug-likeness (QED) is 0.733. The van der Waals surface area contributed by atoms with Crippen LogP contribution in [-0.2, 0) is 17.8 Å². The van der Waals surface area contributed by atoms with Crippen molar-refractivity contribution in [1.29, 1.82) is 0 Å². The number of rotatable bonds is 6. The zero-order valence-electron chi connectivity index (χ0n) is 13.8. The number of hydrogen-bond donors (Lipinski definition) is 2. The molecule has 3 rings (SSSR count). The van der Waals surface area contributed by atoms with Crippen molar-refractivity contribution in [3.8, 4) is 0 Å². The van der Waals surface area contributed by atoms with Crippen molar-refractivity contribution in [2.45, 2.75) is 32.4 Å². The lowest BCUT2D eigenvalue weighted by atomic mass is 10.1. The Kier molecular flexibility index (Phi) is 4.91. The summed E-state index contributed by atoms with van der Waals surface area (Å²) in [5.74, 6) is 0.334. The van der Waals surface area contributed by atoms with E-state index in [1.54, 1.807) is 6.92 Å². The monoisotopic (exact) mass is 322 g/mol. The number of imidazole rings is 1. The second-order valence-electron chi connectivity index (χ2n) is 5.94. The molecule has 0 radical (unpaired) electrons. The van der Waals surface area contributed by atoms with Crippen molar-refractivity contribution >= 4 is 22.9 Å². The Morgan fingerprint density at radius 3 is 2.62 bits per heavy atom. The lowest BCUT2D eigenvalue weighted by molar-refractivity contribution is -0.117. The van der Waals surface area contributed by atoms with Crippen LogP contribution in [0.15, 0.2) is 54.6 Å². The standard InChI is InChI=1S/C19H22N4O/c1-14(20)18(24)22-19-21-16-11-5-6-12-17(16)23(19)13-7-10-15-8-3-2-4-9-15/h2-6,8-9,11-12,14H,7,10,13,20H2,1H3,(H,21,22,24)/t14-/m0/s1. The fraction of sp³-hybridized carbons (Fsp3) is 0.263. The molecule has 0 saturated carbocycles. The lowest BCUT2D eigenvalue weighted by Gasteiger charge is -2.11. The first-order chi connectivity index (χ1) is 11.6. The molecular formula is C19H22N4O. The van der Waals surface area contributed by atoms with Gasteiger partial charge in [0.1, 0.15) is 0 Å². The largest absolute Gasteiger partial charge is 0.320 e. The van der Waals surface area contributed by atoms with E-state index < -0.39 is 6.04 Å². The molecule has 0 spiro atoms. The van der Waals surface area contributed by atoms with E-state index in [1.165, 1.54) is 5.56 Å². The molecule has 0 aliphatic carbocycles. The van der Waals surface area contributed by atoms with E-state index in [4.69, 9.17) is 5.73 Å². The average molecular weight is 322 g/mol. The Labute approximate surface area is 141 Å². The molecule has 5 nitrogen and oxygen atoms in total. The van der Waals surface area contributed by atoms with Gasteiger partial charge in [-0.15, -0.1) is 0 Å². The van der Waals surface area contributed by atoms with Crippen molar-refractivity contribution in [3.63, 3.8) is 0 Å². The first-order valence-electron chi connectivity index (χ1n) is 8.21. The molecule has 0 unspecified atom stereocenters. The molecule has 124 valence electrons. The number of amides is 1. The van der Waals surface area contributed by atoms with Gasteiger partial charge in [0.15, 0.2) is 0 Å². The molecule has 1 amide bonds. The van der Waals surface area contributed by atoms with Gasteiger partial charge in [-0.1, -0.05) is 42.5 Å². The highest BCUT2D eigenvalue weighted by Gasteiger charge is 2.15. The molecule has 1 aromatic heterocycles. The number of aryl methyl sites for hydroxylation is 2. The third kappa shape index (κ3) is 3.63. The molecular weight excluding hydrogens is 300 g/mol. The van der Waals surface area contributed by atoms with E-state index in [-0.39, 0.29) is 5.91 Å². The fourth-order valence-electron chi connectivity index (χ4n) is 2.71. The van der Waals surface area contributed by atoms with Gasteiger partial charge in [0.25, 0.3) is 0 Å². The SMILES string of the molecule is C[C@H](N)C(=O)Nc1nc2ccccc2n1CCCc1ccccc1. The minimum atomic E-state index is -0.567. The van der Waals surface area contributed by atoms with Gasteiger partial charge in [-0.05, 0) is 37.5 Å². The van der Waals surface area contributed by atoms with E-state index >= 15 is 0 Å². The summed E-state index contributed by atoms with van der Waals surface area (Å²) in [7, 11) is 0. The van der Waals surface area contributed by atoms with E-state index in [2.05, 4.69) is 39.1 Å². The second kappa shape index (κ2) is 7.27. The molecule has 3 N–H and O–H groups in total. The summed E-state index contributed by atoms with van der Waals surface area (Å²) in [4.78, 5) is 16.5. The van der Waals surface area contributed by atoms with Gasteiger partial charge < -0.3 is 10.3 Å². The summed E-state index contributed by atoms with van der Waals surface area (Å²) < 4.78 is 2.05. The first-order valence-corrected chi connectivity index (χ1v) is 8.21. The van der Waals surface area contributed by atoms with Crippen LogP contribution >= 0.6 is 0 Å². The van der Waals surface area contributed by atoms with Gasteiger partial charge >= 0.3 is 0 Å². The number of benzene rings is 2. The number of hydrogen-bond acceptors (Lipinski definition) is 3. The van der Waals surface area contributed by atoms with Crippen molar-refractivity contribution in [2.24, 2.45) is 5.73 Å². The highest BCUT2D eigenvalue weighted by atomic mass is 16.2. The van der Waals surface area contributed by atoms with Crippen LogP contribution in [0.25, 0.3) is 11.0 Å². The van der Waals surface area contributed by atoms with Crippen molar-refractivity contribution < 1.29 is 4.79 Å². The normalized spacial score (nSPS) is 12.2. The average Bonchev–Trinajstić information content (AvgIpc) is 2.93. The second-order valence-corrected chi connectivity index (χ2v) is 5.94. The molecule has 1 atom stereocenters. The van der Waals surface area contributed by atoms with E-state index in [9.17, 15) is 4.79 Å². The summed E-state index contributed by atoms with van der Waals surface area (Å²) >= 11 is 0. The van der Waals surface area contributed by atoms with E-state index in [1.807, 2.05) is 30.3 Å². The van der Waals surface area contributed by atoms with Crippen LogP contribution < -0.4 is 11.1 Å². The maximum atomic E-state index is 11.9. The molecule has 0 aliphatic heterocycles. The molecule has 1 heterocycles. The predicted octanol–water partition coefficient (Wildman–Crippen LogP) is 2.95. The number of carbonyl (C=O) groups is 1. The van der Waals surface area contributed by atoms with Gasteiger partial charge in [-0.2, -0.15) is 0 Å². The number of carbonyl (C=O) groups excluding carboxylic acids is 1. The van der Waals surface area contributed by atoms with Gasteiger partial charge in [-0.25, -0.2) is 4.98 Å². The summed E-state index contributed by atoms with van der Waals surface area (Å²) in [6.45, 7) is 2.45. The maximum Gasteiger partial charge on any atom is 0.243 e. The zero-order chi connectivity index (χ0) is 16.9.